The van der Waals surface area contributed by atoms with Crippen LogP contribution in [0.15, 0.2) is 126 Å². The number of rotatable bonds is 12. The van der Waals surface area contributed by atoms with Crippen LogP contribution >= 0.6 is 0 Å². The van der Waals surface area contributed by atoms with Crippen molar-refractivity contribution in [2.24, 2.45) is 0 Å². The fourth-order valence-corrected chi connectivity index (χ4v) is 4.40. The van der Waals surface area contributed by atoms with Crippen molar-refractivity contribution in [2.75, 3.05) is 6.61 Å². The fourth-order valence-electron chi connectivity index (χ4n) is 4.40. The molecule has 5 rings (SSSR count). The van der Waals surface area contributed by atoms with E-state index in [1.54, 1.807) is 24.3 Å². The lowest BCUT2D eigenvalue weighted by Gasteiger charge is -2.18. The molecule has 0 fully saturated rings. The maximum Gasteiger partial charge on any atom is 0.416 e. The van der Waals surface area contributed by atoms with Crippen LogP contribution in [-0.2, 0) is 28.7 Å². The Morgan fingerprint density at radius 3 is 2.14 bits per heavy atom. The number of carbonyl (C=O) groups excluding carboxylic acids is 2. The zero-order valence-corrected chi connectivity index (χ0v) is 23.4. The van der Waals surface area contributed by atoms with Crippen LogP contribution in [0.5, 0.6) is 11.5 Å². The number of carbonyl (C=O) groups is 2. The van der Waals surface area contributed by atoms with Crippen LogP contribution in [0.4, 0.5) is 13.2 Å². The summed E-state index contributed by atoms with van der Waals surface area (Å²) in [6, 6.07) is 32.1. The molecule has 0 bridgehead atoms. The number of Topliss-reactive ketones (excluding diaryl/α,β-unsaturated/α-hetero) is 1. The van der Waals surface area contributed by atoms with Crippen molar-refractivity contribution in [1.29, 1.82) is 0 Å². The van der Waals surface area contributed by atoms with E-state index in [9.17, 15) is 22.8 Å². The first-order valence-corrected chi connectivity index (χ1v) is 13.8. The van der Waals surface area contributed by atoms with Gasteiger partial charge in [0.15, 0.2) is 11.5 Å². The molecule has 1 N–H and O–H groups in total. The molecule has 44 heavy (non-hydrogen) atoms. The maximum absolute atomic E-state index is 13.4. The van der Waals surface area contributed by atoms with Crippen molar-refractivity contribution in [2.45, 2.75) is 25.2 Å². The van der Waals surface area contributed by atoms with E-state index < -0.39 is 23.7 Å². The van der Waals surface area contributed by atoms with Crippen molar-refractivity contribution in [3.8, 4) is 22.8 Å². The Morgan fingerprint density at radius 1 is 0.750 bits per heavy atom. The summed E-state index contributed by atoms with van der Waals surface area (Å²) in [4.78, 5) is 26.5. The van der Waals surface area contributed by atoms with E-state index in [0.717, 1.165) is 17.7 Å². The number of halogens is 3. The standard InChI is InChI=1S/C35H28F3NO5/c36-35(37,38)27-11-7-10-26(21-27)32-18-19-33(44-32)34(41)39-30(23-42-22-25-8-3-1-4-9-25)31(40)20-24-14-16-29(17-15-24)43-28-12-5-2-6-13-28/h1-19,21,30H,20,22-23H2,(H,39,41). The number of nitrogens with one attached hydrogen (secondary N) is 1. The number of ketones is 1. The lowest BCUT2D eigenvalue weighted by atomic mass is 10.0. The molecule has 224 valence electrons. The summed E-state index contributed by atoms with van der Waals surface area (Å²) in [6.07, 6.45) is -4.51. The highest BCUT2D eigenvalue weighted by Gasteiger charge is 2.31. The molecule has 9 heteroatoms. The van der Waals surface area contributed by atoms with Gasteiger partial charge in [-0.15, -0.1) is 0 Å². The van der Waals surface area contributed by atoms with Gasteiger partial charge in [0.25, 0.3) is 5.91 Å². The molecule has 4 aromatic carbocycles. The SMILES string of the molecule is O=C(NC(COCc1ccccc1)C(=O)Cc1ccc(Oc2ccccc2)cc1)c1ccc(-c2cccc(C(F)(F)F)c2)o1. The van der Waals surface area contributed by atoms with Crippen LogP contribution in [0.25, 0.3) is 11.3 Å². The Kier molecular flexibility index (Phi) is 9.56. The lowest BCUT2D eigenvalue weighted by molar-refractivity contribution is -0.137. The van der Waals surface area contributed by atoms with Crippen LogP contribution in [-0.4, -0.2) is 24.3 Å². The molecule has 0 aliphatic carbocycles. The van der Waals surface area contributed by atoms with E-state index in [1.807, 2.05) is 60.7 Å². The second-order valence-corrected chi connectivity index (χ2v) is 9.97. The van der Waals surface area contributed by atoms with Crippen LogP contribution in [0.2, 0.25) is 0 Å². The molecule has 1 amide bonds. The highest BCUT2D eigenvalue weighted by Crippen LogP contribution is 2.32. The zero-order valence-electron chi connectivity index (χ0n) is 23.4. The molecule has 0 spiro atoms. The summed E-state index contributed by atoms with van der Waals surface area (Å²) in [5.74, 6) is 0.230. The van der Waals surface area contributed by atoms with Crippen molar-refractivity contribution in [1.82, 2.24) is 5.32 Å². The van der Waals surface area contributed by atoms with Crippen LogP contribution in [0.3, 0.4) is 0 Å². The van der Waals surface area contributed by atoms with Gasteiger partial charge in [0.05, 0.1) is 18.8 Å². The van der Waals surface area contributed by atoms with Crippen molar-refractivity contribution in [3.05, 3.63) is 144 Å². The largest absolute Gasteiger partial charge is 0.457 e. The summed E-state index contributed by atoms with van der Waals surface area (Å²) in [5.41, 5.74) is 0.939. The Bertz CT molecular complexity index is 1680. The van der Waals surface area contributed by atoms with Crippen LogP contribution in [0, 0.1) is 0 Å². The second kappa shape index (κ2) is 13.9. The van der Waals surface area contributed by atoms with Gasteiger partial charge in [0.2, 0.25) is 0 Å². The van der Waals surface area contributed by atoms with Gasteiger partial charge in [0, 0.05) is 12.0 Å². The third-order valence-electron chi connectivity index (χ3n) is 6.67. The first kappa shape index (κ1) is 30.3. The Hall–Kier alpha value is -5.15. The molecule has 1 heterocycles. The number of furan rings is 1. The van der Waals surface area contributed by atoms with Gasteiger partial charge >= 0.3 is 6.18 Å². The van der Waals surface area contributed by atoms with Crippen LogP contribution < -0.4 is 10.1 Å². The van der Waals surface area contributed by atoms with E-state index in [4.69, 9.17) is 13.9 Å². The van der Waals surface area contributed by atoms with Crippen molar-refractivity contribution >= 4 is 11.7 Å². The van der Waals surface area contributed by atoms with Crippen molar-refractivity contribution < 1.29 is 36.7 Å². The summed E-state index contributed by atoms with van der Waals surface area (Å²) < 4.78 is 56.7. The zero-order chi connectivity index (χ0) is 30.9. The summed E-state index contributed by atoms with van der Waals surface area (Å²) in [7, 11) is 0. The summed E-state index contributed by atoms with van der Waals surface area (Å²) in [5, 5.41) is 2.67. The van der Waals surface area contributed by atoms with Crippen molar-refractivity contribution in [3.63, 3.8) is 0 Å². The predicted molar refractivity (Wildman–Crippen MR) is 158 cm³/mol. The maximum atomic E-state index is 13.4. The molecule has 0 saturated heterocycles. The van der Waals surface area contributed by atoms with Gasteiger partial charge in [-0.2, -0.15) is 13.2 Å². The number of hydrogen-bond acceptors (Lipinski definition) is 5. The number of amides is 1. The molecular formula is C35H28F3NO5. The number of alkyl halides is 3. The minimum Gasteiger partial charge on any atom is -0.457 e. The van der Waals surface area contributed by atoms with Gasteiger partial charge < -0.3 is 19.2 Å². The number of hydrogen-bond donors (Lipinski definition) is 1. The smallest absolute Gasteiger partial charge is 0.416 e. The lowest BCUT2D eigenvalue weighted by Crippen LogP contribution is -2.44. The molecule has 1 unspecified atom stereocenters. The normalized spacial score (nSPS) is 12.0. The first-order valence-electron chi connectivity index (χ1n) is 13.8. The second-order valence-electron chi connectivity index (χ2n) is 9.97. The molecule has 0 radical (unpaired) electrons. The average molecular weight is 600 g/mol. The third kappa shape index (κ3) is 8.23. The van der Waals surface area contributed by atoms with Crippen LogP contribution in [0.1, 0.15) is 27.2 Å². The Labute approximate surface area is 252 Å². The minimum atomic E-state index is -4.52. The van der Waals surface area contributed by atoms with Gasteiger partial charge in [0.1, 0.15) is 23.3 Å². The number of para-hydroxylation sites is 1. The van der Waals surface area contributed by atoms with E-state index >= 15 is 0 Å². The molecule has 0 aliphatic heterocycles. The van der Waals surface area contributed by atoms with E-state index in [2.05, 4.69) is 5.32 Å². The Balaban J connectivity index is 1.27. The highest BCUT2D eigenvalue weighted by atomic mass is 19.4. The molecule has 5 aromatic rings. The molecule has 6 nitrogen and oxygen atoms in total. The average Bonchev–Trinajstić information content (AvgIpc) is 3.53. The number of benzene rings is 4. The number of ether oxygens (including phenoxy) is 2. The predicted octanol–water partition coefficient (Wildman–Crippen LogP) is 7.88. The molecular weight excluding hydrogens is 571 g/mol. The highest BCUT2D eigenvalue weighted by molar-refractivity contribution is 5.97. The van der Waals surface area contributed by atoms with E-state index in [-0.39, 0.29) is 42.5 Å². The molecule has 0 aliphatic rings. The monoisotopic (exact) mass is 599 g/mol. The van der Waals surface area contributed by atoms with E-state index in [1.165, 1.54) is 24.3 Å². The third-order valence-corrected chi connectivity index (χ3v) is 6.67. The topological polar surface area (TPSA) is 77.8 Å². The molecule has 1 atom stereocenters. The van der Waals surface area contributed by atoms with E-state index in [0.29, 0.717) is 17.1 Å². The summed E-state index contributed by atoms with van der Waals surface area (Å²) >= 11 is 0. The van der Waals surface area contributed by atoms with Gasteiger partial charge in [-0.05, 0) is 59.7 Å². The quantitative estimate of drug-likeness (QED) is 0.158. The van der Waals surface area contributed by atoms with Gasteiger partial charge in [-0.25, -0.2) is 0 Å². The fraction of sp³-hybridized carbons (Fsp3) is 0.143. The summed E-state index contributed by atoms with van der Waals surface area (Å²) in [6.45, 7) is 0.127. The van der Waals surface area contributed by atoms with Gasteiger partial charge in [-0.1, -0.05) is 72.8 Å². The Morgan fingerprint density at radius 2 is 1.43 bits per heavy atom. The molecule has 0 saturated carbocycles. The molecule has 1 aromatic heterocycles. The van der Waals surface area contributed by atoms with Gasteiger partial charge in [-0.3, -0.25) is 9.59 Å². The minimum absolute atomic E-state index is 0.0128. The first-order chi connectivity index (χ1) is 21.2.